The van der Waals surface area contributed by atoms with Crippen molar-refractivity contribution in [2.24, 2.45) is 5.92 Å². The first kappa shape index (κ1) is 26.1. The van der Waals surface area contributed by atoms with Crippen LogP contribution in [0.15, 0.2) is 36.8 Å². The molecule has 1 aliphatic heterocycles. The molecule has 1 aliphatic rings. The molecule has 186 valence electrons. The van der Waals surface area contributed by atoms with E-state index in [1.165, 1.54) is 0 Å². The van der Waals surface area contributed by atoms with Crippen LogP contribution in [0.3, 0.4) is 0 Å². The van der Waals surface area contributed by atoms with Gasteiger partial charge in [-0.1, -0.05) is 18.8 Å². The van der Waals surface area contributed by atoms with Crippen molar-refractivity contribution in [1.82, 2.24) is 24.7 Å². The molecule has 1 N–H and O–H groups in total. The predicted molar refractivity (Wildman–Crippen MR) is 132 cm³/mol. The molecule has 3 atom stereocenters. The van der Waals surface area contributed by atoms with Gasteiger partial charge in [0, 0.05) is 49.2 Å². The number of carbonyl (C=O) groups is 2. The number of hydrogen-bond acceptors (Lipinski definition) is 7. The molecule has 2 amide bonds. The number of aromatic nitrogens is 2. The summed E-state index contributed by atoms with van der Waals surface area (Å²) in [6.45, 7) is 4.60. The van der Waals surface area contributed by atoms with E-state index in [-0.39, 0.29) is 42.3 Å². The molecule has 3 heterocycles. The van der Waals surface area contributed by atoms with Crippen LogP contribution >= 0.6 is 0 Å². The van der Waals surface area contributed by atoms with E-state index in [1.807, 2.05) is 25.9 Å². The Morgan fingerprint density at radius 2 is 1.94 bits per heavy atom. The van der Waals surface area contributed by atoms with Crippen LogP contribution in [-0.4, -0.2) is 101 Å². The summed E-state index contributed by atoms with van der Waals surface area (Å²) in [5, 5.41) is 9.81. The Morgan fingerprint density at radius 3 is 2.60 bits per heavy atom. The number of aliphatic hydroxyl groups is 1. The first-order valence-electron chi connectivity index (χ1n) is 11.6. The van der Waals surface area contributed by atoms with E-state index in [4.69, 9.17) is 4.74 Å². The zero-order chi connectivity index (χ0) is 25.5. The molecule has 2 aromatic rings. The van der Waals surface area contributed by atoms with Gasteiger partial charge in [-0.05, 0) is 39.2 Å². The fourth-order valence-electron chi connectivity index (χ4n) is 3.73. The maximum atomic E-state index is 13.5. The minimum atomic E-state index is -0.396. The summed E-state index contributed by atoms with van der Waals surface area (Å²) >= 11 is 0. The molecule has 0 aliphatic carbocycles. The van der Waals surface area contributed by atoms with Crippen LogP contribution in [0.1, 0.15) is 35.3 Å². The molecule has 3 rings (SSSR count). The average molecular weight is 480 g/mol. The van der Waals surface area contributed by atoms with Gasteiger partial charge in [0.2, 0.25) is 11.8 Å². The zero-order valence-electron chi connectivity index (χ0n) is 20.9. The van der Waals surface area contributed by atoms with Crippen LogP contribution in [0.2, 0.25) is 0 Å². The monoisotopic (exact) mass is 479 g/mol. The van der Waals surface area contributed by atoms with Crippen molar-refractivity contribution in [2.75, 3.05) is 47.4 Å². The van der Waals surface area contributed by atoms with Crippen molar-refractivity contribution in [3.63, 3.8) is 0 Å². The molecule has 0 saturated heterocycles. The normalized spacial score (nSPS) is 18.5. The highest BCUT2D eigenvalue weighted by molar-refractivity contribution is 5.97. The van der Waals surface area contributed by atoms with Crippen molar-refractivity contribution < 1.29 is 19.4 Å². The smallest absolute Gasteiger partial charge is 0.259 e. The molecule has 9 heteroatoms. The van der Waals surface area contributed by atoms with Gasteiger partial charge in [0.25, 0.3) is 5.91 Å². The Kier molecular flexibility index (Phi) is 8.79. The second kappa shape index (κ2) is 11.8. The van der Waals surface area contributed by atoms with Crippen LogP contribution < -0.4 is 4.74 Å². The Labute approximate surface area is 206 Å². The third-order valence-electron chi connectivity index (χ3n) is 5.88. The largest absolute Gasteiger partial charge is 0.472 e. The molecule has 0 saturated carbocycles. The average Bonchev–Trinajstić information content (AvgIpc) is 2.84. The zero-order valence-corrected chi connectivity index (χ0v) is 20.9. The van der Waals surface area contributed by atoms with Crippen LogP contribution in [0.4, 0.5) is 0 Å². The third-order valence-corrected chi connectivity index (χ3v) is 5.88. The number of ether oxygens (including phenoxy) is 1. The molecular formula is C26H33N5O4. The summed E-state index contributed by atoms with van der Waals surface area (Å²) in [6, 6.07) is 4.88. The minimum Gasteiger partial charge on any atom is -0.472 e. The van der Waals surface area contributed by atoms with E-state index in [2.05, 4.69) is 21.8 Å². The fourth-order valence-corrected chi connectivity index (χ4v) is 3.73. The molecule has 0 bridgehead atoms. The van der Waals surface area contributed by atoms with Crippen LogP contribution in [0.5, 0.6) is 5.88 Å². The number of carbonyl (C=O) groups excluding carboxylic acids is 2. The van der Waals surface area contributed by atoms with Gasteiger partial charge in [0.05, 0.1) is 25.7 Å². The highest BCUT2D eigenvalue weighted by Gasteiger charge is 2.34. The van der Waals surface area contributed by atoms with Crippen molar-refractivity contribution >= 4 is 11.8 Å². The van der Waals surface area contributed by atoms with E-state index in [1.54, 1.807) is 60.6 Å². The summed E-state index contributed by atoms with van der Waals surface area (Å²) in [5.41, 5.74) is 1.65. The third kappa shape index (κ3) is 6.78. The number of rotatable bonds is 6. The number of amides is 2. The summed E-state index contributed by atoms with van der Waals surface area (Å²) in [5.74, 6) is 5.87. The van der Waals surface area contributed by atoms with Crippen LogP contribution in [0, 0.1) is 17.8 Å². The number of hydrogen-bond donors (Lipinski definition) is 1. The molecular weight excluding hydrogens is 446 g/mol. The van der Waals surface area contributed by atoms with Crippen molar-refractivity contribution in [1.29, 1.82) is 0 Å². The highest BCUT2D eigenvalue weighted by Crippen LogP contribution is 2.27. The fraction of sp³-hybridized carbons (Fsp3) is 0.462. The quantitative estimate of drug-likeness (QED) is 0.620. The van der Waals surface area contributed by atoms with E-state index < -0.39 is 12.1 Å². The molecule has 35 heavy (non-hydrogen) atoms. The molecule has 0 unspecified atom stereocenters. The summed E-state index contributed by atoms with van der Waals surface area (Å²) in [7, 11) is 5.43. The van der Waals surface area contributed by atoms with Gasteiger partial charge in [-0.3, -0.25) is 14.6 Å². The van der Waals surface area contributed by atoms with E-state index in [0.717, 1.165) is 5.56 Å². The van der Waals surface area contributed by atoms with Crippen molar-refractivity contribution in [3.8, 4) is 17.7 Å². The van der Waals surface area contributed by atoms with Gasteiger partial charge in [-0.25, -0.2) is 4.98 Å². The van der Waals surface area contributed by atoms with Gasteiger partial charge >= 0.3 is 0 Å². The van der Waals surface area contributed by atoms with Crippen LogP contribution in [0.25, 0.3) is 0 Å². The van der Waals surface area contributed by atoms with Gasteiger partial charge in [0.1, 0.15) is 11.7 Å². The second-order valence-electron chi connectivity index (χ2n) is 9.20. The first-order chi connectivity index (χ1) is 16.7. The van der Waals surface area contributed by atoms with E-state index >= 15 is 0 Å². The van der Waals surface area contributed by atoms with Gasteiger partial charge < -0.3 is 24.5 Å². The topological polar surface area (TPSA) is 99.1 Å². The number of nitrogens with zero attached hydrogens (tertiary/aromatic N) is 5. The molecule has 0 fully saturated rings. The molecule has 0 aromatic carbocycles. The number of likely N-dealkylation sites (N-methyl/N-ethyl adjacent to an activating group) is 2. The van der Waals surface area contributed by atoms with E-state index in [9.17, 15) is 14.7 Å². The first-order valence-corrected chi connectivity index (χ1v) is 11.6. The van der Waals surface area contributed by atoms with Gasteiger partial charge in [-0.15, -0.1) is 0 Å². The van der Waals surface area contributed by atoms with Crippen molar-refractivity contribution in [2.45, 2.75) is 26.0 Å². The van der Waals surface area contributed by atoms with Crippen molar-refractivity contribution in [3.05, 3.63) is 53.5 Å². The second-order valence-corrected chi connectivity index (χ2v) is 9.20. The lowest BCUT2D eigenvalue weighted by molar-refractivity contribution is -0.132. The highest BCUT2D eigenvalue weighted by atomic mass is 16.5. The number of aliphatic hydroxyl groups excluding tert-OH is 1. The molecule has 0 radical (unpaired) electrons. The van der Waals surface area contributed by atoms with Gasteiger partial charge in [0.15, 0.2) is 0 Å². The maximum Gasteiger partial charge on any atom is 0.259 e. The lowest BCUT2D eigenvalue weighted by Crippen LogP contribution is -2.51. The Morgan fingerprint density at radius 1 is 1.26 bits per heavy atom. The predicted octanol–water partition coefficient (Wildman–Crippen LogP) is 1.12. The van der Waals surface area contributed by atoms with Gasteiger partial charge in [-0.2, -0.15) is 0 Å². The summed E-state index contributed by atoms with van der Waals surface area (Å²) < 4.78 is 6.24. The molecule has 9 nitrogen and oxygen atoms in total. The van der Waals surface area contributed by atoms with Crippen LogP contribution in [-0.2, 0) is 4.79 Å². The lowest BCUT2D eigenvalue weighted by Gasteiger charge is -2.37. The molecule has 2 aromatic heterocycles. The number of pyridine rings is 2. The lowest BCUT2D eigenvalue weighted by atomic mass is 10.00. The minimum absolute atomic E-state index is 0.0283. The number of fused-ring (bicyclic) bond motifs is 1. The molecule has 0 spiro atoms. The summed E-state index contributed by atoms with van der Waals surface area (Å²) in [4.78, 5) is 39.5. The Bertz CT molecular complexity index is 1100. The SMILES string of the molecule is C[C@@H]1CN([C@@H](C)CO)C(=O)c2cc(C#Cc3ccncc3)cnc2O[C@H]1CN(C)C(=O)CN(C)C. The Hall–Kier alpha value is -3.48. The summed E-state index contributed by atoms with van der Waals surface area (Å²) in [6.07, 6.45) is 4.50. The van der Waals surface area contributed by atoms with E-state index in [0.29, 0.717) is 18.7 Å². The Balaban J connectivity index is 1.95. The standard InChI is InChI=1S/C26H33N5O4/c1-18-14-31(19(2)17-32)26(34)22-12-21(7-6-20-8-10-27-11-9-20)13-28-25(22)35-23(18)15-30(5)24(33)16-29(3)4/h8-13,18-19,23,32H,14-17H2,1-5H3/t18-,19+,23+/m1/s1. The maximum absolute atomic E-state index is 13.5.